The highest BCUT2D eigenvalue weighted by Crippen LogP contribution is 2.32. The van der Waals surface area contributed by atoms with Crippen LogP contribution in [0.2, 0.25) is 0 Å². The number of urea groups is 1. The zero-order valence-electron chi connectivity index (χ0n) is 21.9. The van der Waals surface area contributed by atoms with Gasteiger partial charge >= 0.3 is 12.0 Å². The molecule has 1 N–H and O–H groups in total. The predicted octanol–water partition coefficient (Wildman–Crippen LogP) is 5.56. The number of carbonyl (C=O) groups excluding carboxylic acids is 3. The lowest BCUT2D eigenvalue weighted by Gasteiger charge is -2.33. The Labute approximate surface area is 235 Å². The molecule has 0 atom stereocenters. The Morgan fingerprint density at radius 1 is 0.756 bits per heavy atom. The Balaban J connectivity index is 1.46. The minimum Gasteiger partial charge on any atom is -0.493 e. The Kier molecular flexibility index (Phi) is 7.60. The standard InChI is InChI=1S/C32H24N2O7/c1-40-28-19-22(14-17-27(28)41-20-21-12-15-23(16-13-21)31(37)38)18-26-29(35)33(24-8-4-2-5-9-24)32(39)34(30(26)36)25-10-6-3-7-11-25/h2-19H,20H2,1H3,(H,37,38). The van der Waals surface area contributed by atoms with E-state index < -0.39 is 23.8 Å². The average Bonchev–Trinajstić information content (AvgIpc) is 3.00. The molecule has 0 spiro atoms. The lowest BCUT2D eigenvalue weighted by molar-refractivity contribution is -0.121. The molecule has 0 bridgehead atoms. The summed E-state index contributed by atoms with van der Waals surface area (Å²) >= 11 is 0. The molecule has 41 heavy (non-hydrogen) atoms. The number of nitrogens with zero attached hydrogens (tertiary/aromatic N) is 2. The lowest BCUT2D eigenvalue weighted by Crippen LogP contribution is -2.57. The van der Waals surface area contributed by atoms with Crippen molar-refractivity contribution in [1.82, 2.24) is 0 Å². The molecule has 1 saturated heterocycles. The summed E-state index contributed by atoms with van der Waals surface area (Å²) in [5, 5.41) is 9.07. The third kappa shape index (κ3) is 5.55. The Bertz CT molecular complexity index is 1590. The fraction of sp³-hybridized carbons (Fsp3) is 0.0625. The summed E-state index contributed by atoms with van der Waals surface area (Å²) < 4.78 is 11.4. The first kappa shape index (κ1) is 26.9. The molecular weight excluding hydrogens is 524 g/mol. The maximum Gasteiger partial charge on any atom is 0.343 e. The number of anilines is 2. The third-order valence-electron chi connectivity index (χ3n) is 6.37. The van der Waals surface area contributed by atoms with Gasteiger partial charge in [-0.25, -0.2) is 19.4 Å². The van der Waals surface area contributed by atoms with Crippen LogP contribution in [0.25, 0.3) is 6.08 Å². The maximum atomic E-state index is 13.6. The highest BCUT2D eigenvalue weighted by Gasteiger charge is 2.43. The van der Waals surface area contributed by atoms with E-state index in [1.54, 1.807) is 91.0 Å². The van der Waals surface area contributed by atoms with Crippen molar-refractivity contribution in [3.05, 3.63) is 125 Å². The van der Waals surface area contributed by atoms with E-state index in [1.165, 1.54) is 25.3 Å². The van der Waals surface area contributed by atoms with Crippen LogP contribution in [0.3, 0.4) is 0 Å². The van der Waals surface area contributed by atoms with Crippen molar-refractivity contribution >= 4 is 41.3 Å². The summed E-state index contributed by atoms with van der Waals surface area (Å²) in [6.45, 7) is 0.161. The minimum absolute atomic E-state index is 0.161. The van der Waals surface area contributed by atoms with Crippen molar-refractivity contribution in [3.63, 3.8) is 0 Å². The lowest BCUT2D eigenvalue weighted by atomic mass is 10.0. The minimum atomic E-state index is -1.01. The molecule has 0 radical (unpaired) electrons. The third-order valence-corrected chi connectivity index (χ3v) is 6.37. The Morgan fingerprint density at radius 2 is 1.32 bits per heavy atom. The van der Waals surface area contributed by atoms with Crippen molar-refractivity contribution < 1.29 is 33.8 Å². The molecule has 4 aromatic carbocycles. The number of para-hydroxylation sites is 2. The smallest absolute Gasteiger partial charge is 0.343 e. The zero-order chi connectivity index (χ0) is 28.9. The van der Waals surface area contributed by atoms with Gasteiger partial charge < -0.3 is 14.6 Å². The van der Waals surface area contributed by atoms with Crippen LogP contribution in [0.4, 0.5) is 16.2 Å². The van der Waals surface area contributed by atoms with Crippen LogP contribution in [-0.4, -0.2) is 36.0 Å². The van der Waals surface area contributed by atoms with E-state index in [1.807, 2.05) is 0 Å². The number of hydrogen-bond acceptors (Lipinski definition) is 6. The fourth-order valence-corrected chi connectivity index (χ4v) is 4.30. The number of imide groups is 2. The van der Waals surface area contributed by atoms with Crippen LogP contribution in [0.15, 0.2) is 109 Å². The van der Waals surface area contributed by atoms with Gasteiger partial charge in [0.25, 0.3) is 11.8 Å². The Hall–Kier alpha value is -5.70. The normalized spacial score (nSPS) is 13.3. The second kappa shape index (κ2) is 11.6. The van der Waals surface area contributed by atoms with Crippen molar-refractivity contribution in [2.24, 2.45) is 0 Å². The van der Waals surface area contributed by atoms with Gasteiger partial charge in [0, 0.05) is 0 Å². The maximum absolute atomic E-state index is 13.6. The fourth-order valence-electron chi connectivity index (χ4n) is 4.30. The number of hydrogen-bond donors (Lipinski definition) is 1. The molecule has 9 nitrogen and oxygen atoms in total. The van der Waals surface area contributed by atoms with Crippen LogP contribution >= 0.6 is 0 Å². The van der Waals surface area contributed by atoms with Gasteiger partial charge in [-0.15, -0.1) is 0 Å². The number of barbiturate groups is 1. The molecule has 1 fully saturated rings. The highest BCUT2D eigenvalue weighted by molar-refractivity contribution is 6.46. The monoisotopic (exact) mass is 548 g/mol. The highest BCUT2D eigenvalue weighted by atomic mass is 16.5. The van der Waals surface area contributed by atoms with E-state index in [0.717, 1.165) is 15.4 Å². The van der Waals surface area contributed by atoms with E-state index in [9.17, 15) is 19.2 Å². The summed E-state index contributed by atoms with van der Waals surface area (Å²) in [4.78, 5) is 53.6. The molecule has 4 amide bonds. The van der Waals surface area contributed by atoms with Crippen molar-refractivity contribution in [1.29, 1.82) is 0 Å². The molecule has 0 saturated carbocycles. The number of aromatic carboxylic acids is 1. The average molecular weight is 549 g/mol. The van der Waals surface area contributed by atoms with Crippen molar-refractivity contribution in [3.8, 4) is 11.5 Å². The number of ether oxygens (including phenoxy) is 2. The molecule has 204 valence electrons. The van der Waals surface area contributed by atoms with Gasteiger partial charge in [0.2, 0.25) is 0 Å². The van der Waals surface area contributed by atoms with Crippen LogP contribution in [0.5, 0.6) is 11.5 Å². The molecule has 9 heteroatoms. The molecule has 0 unspecified atom stereocenters. The molecule has 1 aliphatic heterocycles. The van der Waals surface area contributed by atoms with E-state index in [-0.39, 0.29) is 17.7 Å². The van der Waals surface area contributed by atoms with Crippen molar-refractivity contribution in [2.45, 2.75) is 6.61 Å². The molecule has 0 aliphatic carbocycles. The quantitative estimate of drug-likeness (QED) is 0.227. The summed E-state index contributed by atoms with van der Waals surface area (Å²) in [5.74, 6) is -1.75. The van der Waals surface area contributed by atoms with E-state index >= 15 is 0 Å². The SMILES string of the molecule is COc1cc(C=C2C(=O)N(c3ccccc3)C(=O)N(c3ccccc3)C2=O)ccc1OCc1ccc(C(=O)O)cc1. The number of benzene rings is 4. The zero-order valence-corrected chi connectivity index (χ0v) is 21.9. The summed E-state index contributed by atoms with van der Waals surface area (Å²) in [7, 11) is 1.46. The molecule has 1 aliphatic rings. The molecule has 4 aromatic rings. The number of carbonyl (C=O) groups is 4. The summed E-state index contributed by atoms with van der Waals surface area (Å²) in [5.41, 5.74) is 1.87. The number of methoxy groups -OCH3 is 1. The van der Waals surface area contributed by atoms with Gasteiger partial charge in [-0.1, -0.05) is 54.6 Å². The largest absolute Gasteiger partial charge is 0.493 e. The van der Waals surface area contributed by atoms with Gasteiger partial charge in [0.1, 0.15) is 12.2 Å². The van der Waals surface area contributed by atoms with E-state index in [2.05, 4.69) is 0 Å². The van der Waals surface area contributed by atoms with Crippen LogP contribution in [0, 0.1) is 0 Å². The number of carboxylic acids is 1. The summed E-state index contributed by atoms with van der Waals surface area (Å²) in [6, 6.07) is 27.3. The first-order valence-corrected chi connectivity index (χ1v) is 12.5. The first-order valence-electron chi connectivity index (χ1n) is 12.5. The van der Waals surface area contributed by atoms with Crippen LogP contribution in [-0.2, 0) is 16.2 Å². The number of amides is 4. The summed E-state index contributed by atoms with van der Waals surface area (Å²) in [6.07, 6.45) is 1.42. The molecular formula is C32H24N2O7. The second-order valence-electron chi connectivity index (χ2n) is 8.99. The second-order valence-corrected chi connectivity index (χ2v) is 8.99. The molecule has 1 heterocycles. The van der Waals surface area contributed by atoms with Crippen LogP contribution in [0.1, 0.15) is 21.5 Å². The topological polar surface area (TPSA) is 113 Å². The first-order chi connectivity index (χ1) is 19.9. The van der Waals surface area contributed by atoms with Gasteiger partial charge in [-0.2, -0.15) is 0 Å². The number of carboxylic acid groups (broad SMARTS) is 1. The van der Waals surface area contributed by atoms with Crippen molar-refractivity contribution in [2.75, 3.05) is 16.9 Å². The number of rotatable bonds is 8. The van der Waals surface area contributed by atoms with Gasteiger partial charge in [-0.3, -0.25) is 9.59 Å². The van der Waals surface area contributed by atoms with Gasteiger partial charge in [0.05, 0.1) is 24.0 Å². The molecule has 0 aromatic heterocycles. The molecule has 5 rings (SSSR count). The van der Waals surface area contributed by atoms with Crippen LogP contribution < -0.4 is 19.3 Å². The van der Waals surface area contributed by atoms with E-state index in [0.29, 0.717) is 28.4 Å². The van der Waals surface area contributed by atoms with Gasteiger partial charge in [0.15, 0.2) is 11.5 Å². The predicted molar refractivity (Wildman–Crippen MR) is 152 cm³/mol. The Morgan fingerprint density at radius 3 is 1.83 bits per heavy atom. The van der Waals surface area contributed by atoms with E-state index in [4.69, 9.17) is 14.6 Å². The van der Waals surface area contributed by atoms with Gasteiger partial charge in [-0.05, 0) is 65.7 Å².